The zero-order chi connectivity index (χ0) is 20.6. The molecule has 0 amide bonds. The number of hydrogen-bond donors (Lipinski definition) is 1. The van der Waals surface area contributed by atoms with Gasteiger partial charge >= 0.3 is 0 Å². The number of nitrogens with zero attached hydrogens (tertiary/aromatic N) is 3. The largest absolute Gasteiger partial charge is 0.381 e. The minimum absolute atomic E-state index is 0.574. The number of fused-ring (bicyclic) bond motifs is 1. The van der Waals surface area contributed by atoms with Crippen LogP contribution in [0, 0.1) is 0 Å². The van der Waals surface area contributed by atoms with Gasteiger partial charge in [-0.3, -0.25) is 4.98 Å². The Hall–Kier alpha value is -3.09. The van der Waals surface area contributed by atoms with E-state index in [2.05, 4.69) is 52.1 Å². The Morgan fingerprint density at radius 2 is 1.90 bits per heavy atom. The number of nitrogens with one attached hydrogen (secondary N) is 1. The van der Waals surface area contributed by atoms with Gasteiger partial charge < -0.3 is 10.1 Å². The van der Waals surface area contributed by atoms with Gasteiger partial charge in [-0.2, -0.15) is 0 Å². The van der Waals surface area contributed by atoms with Crippen molar-refractivity contribution in [3.63, 3.8) is 0 Å². The Morgan fingerprint density at radius 3 is 2.70 bits per heavy atom. The predicted molar refractivity (Wildman–Crippen MR) is 125 cm³/mol. The molecule has 1 N–H and O–H groups in total. The number of hydrogen-bond acceptors (Lipinski definition) is 6. The summed E-state index contributed by atoms with van der Waals surface area (Å²) in [5.41, 5.74) is 4.35. The van der Waals surface area contributed by atoms with E-state index < -0.39 is 0 Å². The van der Waals surface area contributed by atoms with Crippen molar-refractivity contribution in [2.24, 2.45) is 0 Å². The van der Waals surface area contributed by atoms with Gasteiger partial charge in [-0.25, -0.2) is 9.97 Å². The number of anilines is 1. The molecule has 4 aromatic rings. The molecule has 0 aliphatic heterocycles. The molecule has 0 aliphatic rings. The second-order valence-electron chi connectivity index (χ2n) is 6.87. The van der Waals surface area contributed by atoms with Crippen LogP contribution >= 0.6 is 11.3 Å². The molecule has 0 aliphatic carbocycles. The van der Waals surface area contributed by atoms with Crippen LogP contribution in [0.25, 0.3) is 27.7 Å². The fourth-order valence-corrected chi connectivity index (χ4v) is 4.16. The van der Waals surface area contributed by atoms with Crippen LogP contribution in [-0.2, 0) is 11.2 Å². The topological polar surface area (TPSA) is 59.9 Å². The lowest BCUT2D eigenvalue weighted by Crippen LogP contribution is -2.06. The smallest absolute Gasteiger partial charge is 0.162 e. The second-order valence-corrected chi connectivity index (χ2v) is 7.75. The van der Waals surface area contributed by atoms with Crippen molar-refractivity contribution in [2.75, 3.05) is 25.6 Å². The third-order valence-corrected chi connectivity index (χ3v) is 5.71. The van der Waals surface area contributed by atoms with Gasteiger partial charge in [0.25, 0.3) is 0 Å². The van der Waals surface area contributed by atoms with E-state index in [-0.39, 0.29) is 0 Å². The first-order valence-corrected chi connectivity index (χ1v) is 10.9. The van der Waals surface area contributed by atoms with Gasteiger partial charge in [-0.15, -0.1) is 11.3 Å². The van der Waals surface area contributed by atoms with Crippen molar-refractivity contribution in [3.8, 4) is 11.4 Å². The average Bonchev–Trinajstić information content (AvgIpc) is 3.21. The predicted octanol–water partition coefficient (Wildman–Crippen LogP) is 5.46. The third kappa shape index (κ3) is 4.90. The number of aryl methyl sites for hydroxylation is 1. The highest BCUT2D eigenvalue weighted by Gasteiger charge is 2.13. The molecule has 0 saturated carbocycles. The van der Waals surface area contributed by atoms with Crippen molar-refractivity contribution >= 4 is 33.4 Å². The summed E-state index contributed by atoms with van der Waals surface area (Å²) in [4.78, 5) is 13.8. The van der Waals surface area contributed by atoms with Crippen LogP contribution in [-0.4, -0.2) is 35.2 Å². The molecule has 6 heteroatoms. The number of pyridine rings is 1. The van der Waals surface area contributed by atoms with Gasteiger partial charge in [0.15, 0.2) is 5.82 Å². The Bertz CT molecular complexity index is 1110. The van der Waals surface area contributed by atoms with E-state index in [0.29, 0.717) is 12.4 Å². The second kappa shape index (κ2) is 10.1. The molecule has 4 rings (SSSR count). The van der Waals surface area contributed by atoms with E-state index in [1.165, 1.54) is 5.56 Å². The lowest BCUT2D eigenvalue weighted by atomic mass is 10.1. The Labute approximate surface area is 180 Å². The lowest BCUT2D eigenvalue weighted by Gasteiger charge is -2.09. The minimum Gasteiger partial charge on any atom is -0.381 e. The van der Waals surface area contributed by atoms with Crippen molar-refractivity contribution in [3.05, 3.63) is 77.4 Å². The summed E-state index contributed by atoms with van der Waals surface area (Å²) < 4.78 is 6.21. The fourth-order valence-electron chi connectivity index (χ4n) is 3.22. The molecule has 5 nitrogen and oxygen atoms in total. The van der Waals surface area contributed by atoms with Gasteiger partial charge in [0.1, 0.15) is 5.82 Å². The first-order valence-electron chi connectivity index (χ1n) is 9.98. The zero-order valence-electron chi connectivity index (χ0n) is 16.9. The number of ether oxygens (including phenoxy) is 1. The van der Waals surface area contributed by atoms with Gasteiger partial charge in [0.2, 0.25) is 0 Å². The summed E-state index contributed by atoms with van der Waals surface area (Å²) in [6, 6.07) is 14.4. The molecular formula is C24H24N4OS. The van der Waals surface area contributed by atoms with E-state index in [0.717, 1.165) is 46.5 Å². The number of benzene rings is 1. The van der Waals surface area contributed by atoms with Crippen molar-refractivity contribution in [1.82, 2.24) is 15.0 Å². The summed E-state index contributed by atoms with van der Waals surface area (Å²) in [6.07, 6.45) is 9.67. The fraction of sp³-hybridized carbons (Fsp3) is 0.208. The highest BCUT2D eigenvalue weighted by Crippen LogP contribution is 2.33. The molecule has 0 saturated heterocycles. The SMILES string of the molecule is COC/C=C/c1csc2c(NCCCc3ccccc3)nc(-c3ccncc3)nc12. The molecule has 0 spiro atoms. The highest BCUT2D eigenvalue weighted by atomic mass is 32.1. The summed E-state index contributed by atoms with van der Waals surface area (Å²) in [6.45, 7) is 1.42. The molecule has 0 atom stereocenters. The Morgan fingerprint density at radius 1 is 1.07 bits per heavy atom. The number of rotatable bonds is 9. The summed E-state index contributed by atoms with van der Waals surface area (Å²) in [7, 11) is 1.69. The summed E-state index contributed by atoms with van der Waals surface area (Å²) >= 11 is 1.67. The molecule has 30 heavy (non-hydrogen) atoms. The summed E-state index contributed by atoms with van der Waals surface area (Å²) in [5, 5.41) is 5.67. The van der Waals surface area contributed by atoms with E-state index in [1.807, 2.05) is 18.2 Å². The van der Waals surface area contributed by atoms with Crippen molar-refractivity contribution in [1.29, 1.82) is 0 Å². The standard InChI is InChI=1S/C24H24N4OS/c1-29-16-6-10-20-17-30-22-21(20)27-23(19-11-14-25-15-12-19)28-24(22)26-13-5-9-18-7-3-2-4-8-18/h2-4,6-8,10-12,14-15,17H,5,9,13,16H2,1H3,(H,26,27,28)/b10-6+. The van der Waals surface area contributed by atoms with Gasteiger partial charge in [-0.05, 0) is 30.5 Å². The Kier molecular flexibility index (Phi) is 6.79. The van der Waals surface area contributed by atoms with Crippen LogP contribution in [0.4, 0.5) is 5.82 Å². The highest BCUT2D eigenvalue weighted by molar-refractivity contribution is 7.18. The third-order valence-electron chi connectivity index (χ3n) is 4.72. The first-order chi connectivity index (χ1) is 14.8. The van der Waals surface area contributed by atoms with E-state index >= 15 is 0 Å². The summed E-state index contributed by atoms with van der Waals surface area (Å²) in [5.74, 6) is 1.59. The van der Waals surface area contributed by atoms with Gasteiger partial charge in [0.05, 0.1) is 16.8 Å². The van der Waals surface area contributed by atoms with Crippen LogP contribution in [0.1, 0.15) is 17.5 Å². The quantitative estimate of drug-likeness (QED) is 0.367. The zero-order valence-corrected chi connectivity index (χ0v) is 17.7. The van der Waals surface area contributed by atoms with Crippen LogP contribution < -0.4 is 5.32 Å². The van der Waals surface area contributed by atoms with Crippen molar-refractivity contribution < 1.29 is 4.74 Å². The molecule has 152 valence electrons. The average molecular weight is 417 g/mol. The van der Waals surface area contributed by atoms with E-state index in [1.54, 1.807) is 30.8 Å². The lowest BCUT2D eigenvalue weighted by molar-refractivity contribution is 0.234. The normalized spacial score (nSPS) is 11.4. The van der Waals surface area contributed by atoms with Crippen molar-refractivity contribution in [2.45, 2.75) is 12.8 Å². The van der Waals surface area contributed by atoms with E-state index in [9.17, 15) is 0 Å². The molecular weight excluding hydrogens is 392 g/mol. The maximum absolute atomic E-state index is 5.14. The molecule has 0 bridgehead atoms. The maximum atomic E-state index is 5.14. The monoisotopic (exact) mass is 416 g/mol. The molecule has 1 aromatic carbocycles. The number of methoxy groups -OCH3 is 1. The molecule has 3 aromatic heterocycles. The van der Waals surface area contributed by atoms with Crippen LogP contribution in [0.2, 0.25) is 0 Å². The molecule has 0 unspecified atom stereocenters. The minimum atomic E-state index is 0.574. The van der Waals surface area contributed by atoms with Crippen LogP contribution in [0.15, 0.2) is 66.3 Å². The Balaban J connectivity index is 1.60. The van der Waals surface area contributed by atoms with Crippen LogP contribution in [0.3, 0.4) is 0 Å². The van der Waals surface area contributed by atoms with Gasteiger partial charge in [-0.1, -0.05) is 42.5 Å². The van der Waals surface area contributed by atoms with Gasteiger partial charge in [0, 0.05) is 42.6 Å². The molecule has 3 heterocycles. The molecule has 0 radical (unpaired) electrons. The number of aromatic nitrogens is 3. The maximum Gasteiger partial charge on any atom is 0.162 e. The molecule has 0 fully saturated rings. The van der Waals surface area contributed by atoms with E-state index in [4.69, 9.17) is 14.7 Å². The van der Waals surface area contributed by atoms with Crippen LogP contribution in [0.5, 0.6) is 0 Å². The first kappa shape index (κ1) is 20.2. The number of thiophene rings is 1.